The number of pyridine rings is 1. The number of amides is 1. The normalized spacial score (nSPS) is 15.1. The van der Waals surface area contributed by atoms with Crippen molar-refractivity contribution >= 4 is 38.9 Å². The summed E-state index contributed by atoms with van der Waals surface area (Å²) in [6.07, 6.45) is 7.14. The first-order valence-electron chi connectivity index (χ1n) is 11.6. The lowest BCUT2D eigenvalue weighted by Gasteiger charge is -2.35. The number of carbonyl (C=O) groups is 1. The summed E-state index contributed by atoms with van der Waals surface area (Å²) < 4.78 is 10.6. The Morgan fingerprint density at radius 2 is 1.89 bits per heavy atom. The van der Waals surface area contributed by atoms with Crippen LogP contribution in [-0.4, -0.2) is 61.6 Å². The molecule has 0 N–H and O–H groups in total. The van der Waals surface area contributed by atoms with Crippen LogP contribution in [0, 0.1) is 0 Å². The average molecular weight is 488 g/mol. The van der Waals surface area contributed by atoms with E-state index in [4.69, 9.17) is 4.74 Å². The van der Waals surface area contributed by atoms with Gasteiger partial charge in [-0.15, -0.1) is 11.3 Å². The average Bonchev–Trinajstić information content (AvgIpc) is 3.62. The van der Waals surface area contributed by atoms with Gasteiger partial charge in [0, 0.05) is 56.7 Å². The van der Waals surface area contributed by atoms with Crippen LogP contribution in [0.3, 0.4) is 0 Å². The molecule has 1 amide bonds. The van der Waals surface area contributed by atoms with Crippen LogP contribution in [-0.2, 0) is 11.8 Å². The van der Waals surface area contributed by atoms with Crippen molar-refractivity contribution in [2.75, 3.05) is 31.1 Å². The van der Waals surface area contributed by atoms with Crippen LogP contribution in [0.2, 0.25) is 0 Å². The summed E-state index contributed by atoms with van der Waals surface area (Å²) in [7, 11) is 1.91. The number of thiazole rings is 1. The molecule has 35 heavy (non-hydrogen) atoms. The Labute approximate surface area is 206 Å². The Balaban J connectivity index is 1.10. The fourth-order valence-electron chi connectivity index (χ4n) is 4.51. The second-order valence-electron chi connectivity index (χ2n) is 8.76. The molecule has 1 aliphatic rings. The number of hydrogen-bond donors (Lipinski definition) is 0. The summed E-state index contributed by atoms with van der Waals surface area (Å²) in [5.74, 6) is 0. The van der Waals surface area contributed by atoms with Crippen molar-refractivity contribution in [2.24, 2.45) is 7.05 Å². The number of nitrogens with zero attached hydrogens (tertiary/aromatic N) is 7. The number of aryl methyl sites for hydroxylation is 1. The van der Waals surface area contributed by atoms with Gasteiger partial charge in [0.15, 0.2) is 0 Å². The van der Waals surface area contributed by atoms with Gasteiger partial charge in [-0.2, -0.15) is 10.2 Å². The molecule has 1 saturated heterocycles. The molecule has 0 saturated carbocycles. The van der Waals surface area contributed by atoms with Gasteiger partial charge in [-0.05, 0) is 30.7 Å². The van der Waals surface area contributed by atoms with E-state index in [1.807, 2.05) is 67.0 Å². The van der Waals surface area contributed by atoms with E-state index in [-0.39, 0.29) is 12.2 Å². The number of fused-ring (bicyclic) bond motifs is 2. The Morgan fingerprint density at radius 1 is 1.03 bits per heavy atom. The SMILES string of the molecule is CC(OC(=O)N1CCN(c2cnn3cc(-c4cnn(C)c4)ccc23)CC1)c1ccc2scnc2c1. The molecule has 1 atom stereocenters. The first-order valence-corrected chi connectivity index (χ1v) is 12.4. The standard InChI is InChI=1S/C25H25N7O2S/c1-17(18-4-6-24-21(11-18)26-16-35-24)34-25(33)31-9-7-30(8-10-31)23-13-28-32-15-19(3-5-22(23)32)20-12-27-29(2)14-20/h3-6,11-17H,7-10H2,1-2H3. The fraction of sp³-hybridized carbons (Fsp3) is 0.280. The lowest BCUT2D eigenvalue weighted by Crippen LogP contribution is -2.49. The van der Waals surface area contributed by atoms with E-state index < -0.39 is 0 Å². The second kappa shape index (κ2) is 8.70. The third-order valence-corrected chi connectivity index (χ3v) is 7.32. The number of carbonyl (C=O) groups excluding carboxylic acids is 1. The van der Waals surface area contributed by atoms with Crippen molar-refractivity contribution in [3.8, 4) is 11.1 Å². The molecular formula is C25H25N7O2S. The zero-order chi connectivity index (χ0) is 23.9. The molecule has 6 rings (SSSR count). The highest BCUT2D eigenvalue weighted by Gasteiger charge is 2.25. The van der Waals surface area contributed by atoms with Gasteiger partial charge in [0.05, 0.1) is 39.3 Å². The number of ether oxygens (including phenoxy) is 1. The minimum atomic E-state index is -0.333. The van der Waals surface area contributed by atoms with Crippen molar-refractivity contribution < 1.29 is 9.53 Å². The number of piperazine rings is 1. The number of aromatic nitrogens is 5. The first-order chi connectivity index (χ1) is 17.0. The van der Waals surface area contributed by atoms with E-state index in [1.54, 1.807) is 20.9 Å². The second-order valence-corrected chi connectivity index (χ2v) is 9.65. The monoisotopic (exact) mass is 487 g/mol. The molecule has 1 unspecified atom stereocenters. The van der Waals surface area contributed by atoms with Gasteiger partial charge >= 0.3 is 6.09 Å². The number of hydrogen-bond acceptors (Lipinski definition) is 7. The van der Waals surface area contributed by atoms with Crippen molar-refractivity contribution in [3.05, 3.63) is 66.2 Å². The van der Waals surface area contributed by atoms with Crippen molar-refractivity contribution in [2.45, 2.75) is 13.0 Å². The predicted octanol–water partition coefficient (Wildman–Crippen LogP) is 4.36. The van der Waals surface area contributed by atoms with Crippen LogP contribution < -0.4 is 4.90 Å². The van der Waals surface area contributed by atoms with Crippen LogP contribution in [0.25, 0.3) is 26.9 Å². The van der Waals surface area contributed by atoms with E-state index in [9.17, 15) is 4.79 Å². The topological polar surface area (TPSA) is 80.8 Å². The van der Waals surface area contributed by atoms with E-state index in [0.29, 0.717) is 13.1 Å². The molecule has 10 heteroatoms. The van der Waals surface area contributed by atoms with E-state index in [0.717, 1.165) is 51.2 Å². The van der Waals surface area contributed by atoms with E-state index in [2.05, 4.69) is 32.2 Å². The summed E-state index contributed by atoms with van der Waals surface area (Å²) in [5, 5.41) is 8.82. The summed E-state index contributed by atoms with van der Waals surface area (Å²) >= 11 is 1.60. The molecule has 0 bridgehead atoms. The molecule has 0 spiro atoms. The van der Waals surface area contributed by atoms with Crippen LogP contribution in [0.5, 0.6) is 0 Å². The maximum atomic E-state index is 12.8. The fourth-order valence-corrected chi connectivity index (χ4v) is 5.17. The van der Waals surface area contributed by atoms with Crippen LogP contribution in [0.4, 0.5) is 10.5 Å². The van der Waals surface area contributed by atoms with Crippen molar-refractivity contribution in [1.82, 2.24) is 29.3 Å². The van der Waals surface area contributed by atoms with Gasteiger partial charge in [-0.25, -0.2) is 14.3 Å². The zero-order valence-electron chi connectivity index (χ0n) is 19.5. The van der Waals surface area contributed by atoms with Gasteiger partial charge in [0.2, 0.25) is 0 Å². The minimum absolute atomic E-state index is 0.281. The molecule has 5 aromatic rings. The number of benzene rings is 1. The maximum absolute atomic E-state index is 12.8. The molecule has 5 heterocycles. The lowest BCUT2D eigenvalue weighted by molar-refractivity contribution is 0.0681. The quantitative estimate of drug-likeness (QED) is 0.375. The van der Waals surface area contributed by atoms with Gasteiger partial charge in [-0.1, -0.05) is 12.1 Å². The third-order valence-electron chi connectivity index (χ3n) is 6.51. The predicted molar refractivity (Wildman–Crippen MR) is 136 cm³/mol. The molecule has 9 nitrogen and oxygen atoms in total. The molecule has 4 aromatic heterocycles. The summed E-state index contributed by atoms with van der Waals surface area (Å²) in [6.45, 7) is 4.55. The molecule has 0 radical (unpaired) electrons. The molecule has 1 aromatic carbocycles. The third kappa shape index (κ3) is 4.10. The summed E-state index contributed by atoms with van der Waals surface area (Å²) in [4.78, 5) is 21.2. The van der Waals surface area contributed by atoms with Crippen molar-refractivity contribution in [3.63, 3.8) is 0 Å². The van der Waals surface area contributed by atoms with Gasteiger partial charge in [0.1, 0.15) is 6.10 Å². The lowest BCUT2D eigenvalue weighted by atomic mass is 10.1. The number of anilines is 1. The molecule has 0 aliphatic carbocycles. The Morgan fingerprint density at radius 3 is 2.69 bits per heavy atom. The van der Waals surface area contributed by atoms with E-state index >= 15 is 0 Å². The minimum Gasteiger partial charge on any atom is -0.442 e. The zero-order valence-corrected chi connectivity index (χ0v) is 20.4. The highest BCUT2D eigenvalue weighted by Crippen LogP contribution is 2.28. The van der Waals surface area contributed by atoms with Crippen LogP contribution in [0.15, 0.2) is 60.6 Å². The Hall–Kier alpha value is -3.92. The Bertz CT molecular complexity index is 1510. The largest absolute Gasteiger partial charge is 0.442 e. The van der Waals surface area contributed by atoms with Gasteiger partial charge in [-0.3, -0.25) is 4.68 Å². The molecule has 1 aliphatic heterocycles. The van der Waals surface area contributed by atoms with Crippen LogP contribution in [0.1, 0.15) is 18.6 Å². The van der Waals surface area contributed by atoms with Gasteiger partial charge < -0.3 is 14.5 Å². The highest BCUT2D eigenvalue weighted by atomic mass is 32.1. The molecule has 178 valence electrons. The van der Waals surface area contributed by atoms with Crippen LogP contribution >= 0.6 is 11.3 Å². The highest BCUT2D eigenvalue weighted by molar-refractivity contribution is 7.16. The maximum Gasteiger partial charge on any atom is 0.410 e. The smallest absolute Gasteiger partial charge is 0.410 e. The first kappa shape index (κ1) is 21.6. The molecular weight excluding hydrogens is 462 g/mol. The van der Waals surface area contributed by atoms with Gasteiger partial charge in [0.25, 0.3) is 0 Å². The summed E-state index contributed by atoms with van der Waals surface area (Å²) in [6, 6.07) is 10.2. The summed E-state index contributed by atoms with van der Waals surface area (Å²) in [5.41, 5.74) is 7.95. The number of rotatable bonds is 4. The van der Waals surface area contributed by atoms with Crippen molar-refractivity contribution in [1.29, 1.82) is 0 Å². The Kier molecular flexibility index (Phi) is 5.37. The van der Waals surface area contributed by atoms with E-state index in [1.165, 1.54) is 0 Å². The molecule has 1 fully saturated rings.